The third-order valence-corrected chi connectivity index (χ3v) is 2.98. The standard InChI is InChI=1S/C13H14F3N3O/c14-13(15,16)11-4-2-1-3-10(11)8-19-12(20)9(5-6-17)7-18-19/h1-4,7,18H,5-6,8,17H2. The summed E-state index contributed by atoms with van der Waals surface area (Å²) in [5, 5.41) is 2.67. The first-order valence-corrected chi connectivity index (χ1v) is 6.05. The van der Waals surface area contributed by atoms with E-state index in [1.54, 1.807) is 0 Å². The predicted octanol–water partition coefficient (Wildman–Crippen LogP) is 1.74. The number of hydrogen-bond acceptors (Lipinski definition) is 2. The second kappa shape index (κ2) is 5.54. The van der Waals surface area contributed by atoms with Gasteiger partial charge in [-0.15, -0.1) is 0 Å². The highest BCUT2D eigenvalue weighted by molar-refractivity contribution is 5.29. The summed E-state index contributed by atoms with van der Waals surface area (Å²) in [5.74, 6) is 0. The first-order valence-electron chi connectivity index (χ1n) is 6.05. The summed E-state index contributed by atoms with van der Waals surface area (Å²) < 4.78 is 39.7. The molecule has 0 unspecified atom stereocenters. The quantitative estimate of drug-likeness (QED) is 0.899. The molecule has 1 heterocycles. The van der Waals surface area contributed by atoms with E-state index in [0.29, 0.717) is 18.5 Å². The zero-order valence-electron chi connectivity index (χ0n) is 10.6. The fourth-order valence-corrected chi connectivity index (χ4v) is 2.01. The molecule has 0 radical (unpaired) electrons. The molecule has 0 saturated carbocycles. The van der Waals surface area contributed by atoms with Gasteiger partial charge >= 0.3 is 6.18 Å². The van der Waals surface area contributed by atoms with Gasteiger partial charge < -0.3 is 10.8 Å². The van der Waals surface area contributed by atoms with E-state index in [-0.39, 0.29) is 17.7 Å². The van der Waals surface area contributed by atoms with E-state index in [4.69, 9.17) is 5.73 Å². The summed E-state index contributed by atoms with van der Waals surface area (Å²) in [6, 6.07) is 5.20. The van der Waals surface area contributed by atoms with Crippen LogP contribution in [0.2, 0.25) is 0 Å². The molecule has 0 saturated heterocycles. The molecular weight excluding hydrogens is 271 g/mol. The van der Waals surface area contributed by atoms with Crippen LogP contribution in [-0.2, 0) is 19.1 Å². The van der Waals surface area contributed by atoms with Crippen LogP contribution in [0.25, 0.3) is 0 Å². The second-order valence-corrected chi connectivity index (χ2v) is 4.38. The Morgan fingerprint density at radius 3 is 2.55 bits per heavy atom. The molecule has 1 aromatic heterocycles. The number of nitrogens with one attached hydrogen (secondary N) is 1. The normalized spacial score (nSPS) is 11.8. The minimum Gasteiger partial charge on any atom is -0.330 e. The molecule has 2 aromatic rings. The number of nitrogens with two attached hydrogens (primary N) is 1. The average molecular weight is 285 g/mol. The Labute approximate surface area is 113 Å². The van der Waals surface area contributed by atoms with Crippen LogP contribution in [0, 0.1) is 0 Å². The summed E-state index contributed by atoms with van der Waals surface area (Å²) in [4.78, 5) is 11.9. The van der Waals surface area contributed by atoms with Crippen molar-refractivity contribution in [3.8, 4) is 0 Å². The van der Waals surface area contributed by atoms with Crippen LogP contribution in [0.5, 0.6) is 0 Å². The van der Waals surface area contributed by atoms with Crippen LogP contribution in [0.1, 0.15) is 16.7 Å². The molecule has 0 aliphatic carbocycles. The van der Waals surface area contributed by atoms with Crippen molar-refractivity contribution >= 4 is 0 Å². The Balaban J connectivity index is 2.34. The van der Waals surface area contributed by atoms with Gasteiger partial charge in [-0.25, -0.2) is 4.68 Å². The number of alkyl halides is 3. The van der Waals surface area contributed by atoms with Crippen LogP contribution >= 0.6 is 0 Å². The molecule has 20 heavy (non-hydrogen) atoms. The SMILES string of the molecule is NCCc1c[nH]n(Cc2ccccc2C(F)(F)F)c1=O. The molecule has 0 aliphatic rings. The number of rotatable bonds is 4. The van der Waals surface area contributed by atoms with Gasteiger partial charge in [-0.3, -0.25) is 4.79 Å². The molecule has 3 N–H and O–H groups in total. The molecular formula is C13H14F3N3O. The lowest BCUT2D eigenvalue weighted by molar-refractivity contribution is -0.138. The number of aromatic amines is 1. The lowest BCUT2D eigenvalue weighted by atomic mass is 10.1. The zero-order valence-corrected chi connectivity index (χ0v) is 10.6. The summed E-state index contributed by atoms with van der Waals surface area (Å²) in [6.45, 7) is 0.158. The van der Waals surface area contributed by atoms with Crippen LogP contribution in [0.15, 0.2) is 35.3 Å². The fraction of sp³-hybridized carbons (Fsp3) is 0.308. The number of halogens is 3. The lowest BCUT2D eigenvalue weighted by Gasteiger charge is -2.12. The van der Waals surface area contributed by atoms with E-state index < -0.39 is 11.7 Å². The number of aromatic nitrogens is 2. The van der Waals surface area contributed by atoms with Gasteiger partial charge in [0.15, 0.2) is 0 Å². The van der Waals surface area contributed by atoms with E-state index in [9.17, 15) is 18.0 Å². The van der Waals surface area contributed by atoms with Gasteiger partial charge in [0.1, 0.15) is 0 Å². The van der Waals surface area contributed by atoms with Gasteiger partial charge in [0.05, 0.1) is 12.1 Å². The number of benzene rings is 1. The first kappa shape index (κ1) is 14.4. The van der Waals surface area contributed by atoms with Crippen molar-refractivity contribution in [2.75, 3.05) is 6.54 Å². The van der Waals surface area contributed by atoms with Crippen LogP contribution in [0.3, 0.4) is 0 Å². The monoisotopic (exact) mass is 285 g/mol. The van der Waals surface area contributed by atoms with Gasteiger partial charge in [-0.2, -0.15) is 13.2 Å². The van der Waals surface area contributed by atoms with Crippen LogP contribution < -0.4 is 11.3 Å². The van der Waals surface area contributed by atoms with Gasteiger partial charge in [0.25, 0.3) is 5.56 Å². The molecule has 0 aliphatic heterocycles. The first-order chi connectivity index (χ1) is 9.43. The van der Waals surface area contributed by atoms with Crippen molar-refractivity contribution in [1.29, 1.82) is 0 Å². The third-order valence-electron chi connectivity index (χ3n) is 2.98. The molecule has 0 amide bonds. The Kier molecular flexibility index (Phi) is 3.99. The summed E-state index contributed by atoms with van der Waals surface area (Å²) in [5.41, 5.74) is 4.80. The van der Waals surface area contributed by atoms with E-state index in [1.165, 1.54) is 24.4 Å². The summed E-state index contributed by atoms with van der Waals surface area (Å²) in [7, 11) is 0. The van der Waals surface area contributed by atoms with Crippen molar-refractivity contribution < 1.29 is 13.2 Å². The molecule has 4 nitrogen and oxygen atoms in total. The molecule has 0 bridgehead atoms. The highest BCUT2D eigenvalue weighted by Gasteiger charge is 2.33. The maximum atomic E-state index is 12.9. The van der Waals surface area contributed by atoms with E-state index in [1.807, 2.05) is 0 Å². The highest BCUT2D eigenvalue weighted by Crippen LogP contribution is 2.31. The van der Waals surface area contributed by atoms with Crippen LogP contribution in [0.4, 0.5) is 13.2 Å². The summed E-state index contributed by atoms with van der Waals surface area (Å²) in [6.07, 6.45) is -2.57. The van der Waals surface area contributed by atoms with Crippen LogP contribution in [-0.4, -0.2) is 16.3 Å². The van der Waals surface area contributed by atoms with Crippen molar-refractivity contribution in [3.63, 3.8) is 0 Å². The van der Waals surface area contributed by atoms with Crippen molar-refractivity contribution in [2.24, 2.45) is 5.73 Å². The molecule has 7 heteroatoms. The zero-order chi connectivity index (χ0) is 14.8. The minimum absolute atomic E-state index is 0.0447. The van der Waals surface area contributed by atoms with E-state index in [0.717, 1.165) is 10.7 Å². The van der Waals surface area contributed by atoms with Gasteiger partial charge in [-0.1, -0.05) is 18.2 Å². The fourth-order valence-electron chi connectivity index (χ4n) is 2.01. The predicted molar refractivity (Wildman–Crippen MR) is 68.4 cm³/mol. The van der Waals surface area contributed by atoms with Gasteiger partial charge in [0.2, 0.25) is 0 Å². The largest absolute Gasteiger partial charge is 0.416 e. The van der Waals surface area contributed by atoms with Crippen molar-refractivity contribution in [3.05, 3.63) is 57.5 Å². The van der Waals surface area contributed by atoms with Gasteiger partial charge in [0, 0.05) is 11.8 Å². The maximum absolute atomic E-state index is 12.9. The molecule has 0 fully saturated rings. The molecule has 2 rings (SSSR count). The second-order valence-electron chi connectivity index (χ2n) is 4.38. The van der Waals surface area contributed by atoms with Gasteiger partial charge in [-0.05, 0) is 24.6 Å². The Bertz CT molecular complexity index is 643. The number of H-pyrrole nitrogens is 1. The molecule has 0 atom stereocenters. The van der Waals surface area contributed by atoms with E-state index in [2.05, 4.69) is 5.10 Å². The lowest BCUT2D eigenvalue weighted by Crippen LogP contribution is -2.22. The summed E-state index contributed by atoms with van der Waals surface area (Å²) >= 11 is 0. The third kappa shape index (κ3) is 2.93. The van der Waals surface area contributed by atoms with E-state index >= 15 is 0 Å². The number of nitrogens with zero attached hydrogens (tertiary/aromatic N) is 1. The Hall–Kier alpha value is -2.02. The molecule has 1 aromatic carbocycles. The number of hydrogen-bond donors (Lipinski definition) is 2. The van der Waals surface area contributed by atoms with Crippen molar-refractivity contribution in [2.45, 2.75) is 19.1 Å². The average Bonchev–Trinajstić information content (AvgIpc) is 2.72. The smallest absolute Gasteiger partial charge is 0.330 e. The highest BCUT2D eigenvalue weighted by atomic mass is 19.4. The Morgan fingerprint density at radius 2 is 1.90 bits per heavy atom. The molecule has 108 valence electrons. The molecule has 0 spiro atoms. The minimum atomic E-state index is -4.44. The van der Waals surface area contributed by atoms with Crippen molar-refractivity contribution in [1.82, 2.24) is 9.78 Å². The topological polar surface area (TPSA) is 63.8 Å². The maximum Gasteiger partial charge on any atom is 0.416 e. The Morgan fingerprint density at radius 1 is 1.20 bits per heavy atom.